The van der Waals surface area contributed by atoms with Gasteiger partial charge >= 0.3 is 0 Å². The third-order valence-corrected chi connectivity index (χ3v) is 5.22. The summed E-state index contributed by atoms with van der Waals surface area (Å²) < 4.78 is 0. The molecule has 1 fully saturated rings. The Hall–Kier alpha value is -2.33. The summed E-state index contributed by atoms with van der Waals surface area (Å²) in [5, 5.41) is 18.6. The summed E-state index contributed by atoms with van der Waals surface area (Å²) >= 11 is 0. The summed E-state index contributed by atoms with van der Waals surface area (Å²) in [4.78, 5) is 19.2. The Balaban J connectivity index is 0.00000363. The summed E-state index contributed by atoms with van der Waals surface area (Å²) in [6, 6.07) is 14.9. The average Bonchev–Trinajstić information content (AvgIpc) is 3.29. The van der Waals surface area contributed by atoms with Crippen molar-refractivity contribution in [2.24, 2.45) is 4.99 Å². The number of hydrogen-bond acceptors (Lipinski definition) is 4. The Morgan fingerprint density at radius 1 is 0.938 bits per heavy atom. The lowest BCUT2D eigenvalue weighted by atomic mass is 10.1. The van der Waals surface area contributed by atoms with E-state index in [1.165, 1.54) is 49.2 Å². The van der Waals surface area contributed by atoms with Crippen LogP contribution in [-0.2, 0) is 13.1 Å². The maximum atomic E-state index is 12.1. The van der Waals surface area contributed by atoms with Crippen LogP contribution >= 0.6 is 24.0 Å². The number of phenols is 1. The molecule has 2 aromatic rings. The van der Waals surface area contributed by atoms with Crippen molar-refractivity contribution in [2.75, 3.05) is 32.7 Å². The highest BCUT2D eigenvalue weighted by Crippen LogP contribution is 2.13. The van der Waals surface area contributed by atoms with Crippen molar-refractivity contribution in [3.8, 4) is 5.75 Å². The molecule has 1 heterocycles. The molecule has 1 amide bonds. The van der Waals surface area contributed by atoms with E-state index in [1.54, 1.807) is 12.1 Å². The van der Waals surface area contributed by atoms with Crippen LogP contribution < -0.4 is 16.0 Å². The molecule has 0 saturated carbocycles. The van der Waals surface area contributed by atoms with Gasteiger partial charge in [-0.05, 0) is 68.2 Å². The molecule has 1 aliphatic heterocycles. The number of rotatable bonds is 9. The molecule has 4 N–H and O–H groups in total. The molecular formula is C24H34IN5O2. The van der Waals surface area contributed by atoms with E-state index >= 15 is 0 Å². The Morgan fingerprint density at radius 2 is 1.56 bits per heavy atom. The molecule has 0 unspecified atom stereocenters. The Kier molecular flexibility index (Phi) is 11.3. The Bertz CT molecular complexity index is 850. The van der Waals surface area contributed by atoms with Gasteiger partial charge in [0.1, 0.15) is 5.75 Å². The second-order valence-electron chi connectivity index (χ2n) is 7.72. The molecule has 7 nitrogen and oxygen atoms in total. The lowest BCUT2D eigenvalue weighted by Gasteiger charge is -2.14. The van der Waals surface area contributed by atoms with Gasteiger partial charge in [-0.25, -0.2) is 4.99 Å². The van der Waals surface area contributed by atoms with Crippen molar-refractivity contribution in [1.82, 2.24) is 20.9 Å². The van der Waals surface area contributed by atoms with Gasteiger partial charge in [-0.3, -0.25) is 9.69 Å². The van der Waals surface area contributed by atoms with Crippen LogP contribution in [0.15, 0.2) is 53.5 Å². The van der Waals surface area contributed by atoms with Crippen molar-refractivity contribution in [2.45, 2.75) is 32.9 Å². The molecule has 0 spiro atoms. The second kappa shape index (κ2) is 13.9. The van der Waals surface area contributed by atoms with Crippen LogP contribution in [0.3, 0.4) is 0 Å². The molecule has 0 aliphatic carbocycles. The quantitative estimate of drug-likeness (QED) is 0.167. The number of carbonyl (C=O) groups excluding carboxylic acids is 1. The Morgan fingerprint density at radius 3 is 2.22 bits per heavy atom. The molecule has 3 rings (SSSR count). The van der Waals surface area contributed by atoms with Crippen LogP contribution in [0.5, 0.6) is 5.75 Å². The number of hydrogen-bond donors (Lipinski definition) is 4. The minimum atomic E-state index is -0.169. The molecular weight excluding hydrogens is 517 g/mol. The lowest BCUT2D eigenvalue weighted by molar-refractivity contribution is 0.0954. The van der Waals surface area contributed by atoms with E-state index in [4.69, 9.17) is 0 Å². The third kappa shape index (κ3) is 8.66. The number of phenolic OH excluding ortho intramolecular Hbond substituents is 1. The molecule has 0 bridgehead atoms. The number of nitrogens with zero attached hydrogens (tertiary/aromatic N) is 2. The molecule has 8 heteroatoms. The monoisotopic (exact) mass is 551 g/mol. The van der Waals surface area contributed by atoms with Crippen molar-refractivity contribution < 1.29 is 9.90 Å². The fourth-order valence-corrected chi connectivity index (χ4v) is 3.53. The molecule has 2 aromatic carbocycles. The first kappa shape index (κ1) is 25.9. The van der Waals surface area contributed by atoms with Crippen LogP contribution in [0, 0.1) is 0 Å². The summed E-state index contributed by atoms with van der Waals surface area (Å²) in [6.45, 7) is 7.86. The van der Waals surface area contributed by atoms with Gasteiger partial charge in [0.15, 0.2) is 5.96 Å². The van der Waals surface area contributed by atoms with Crippen molar-refractivity contribution in [3.63, 3.8) is 0 Å². The number of carbonyl (C=O) groups is 1. The SMILES string of the molecule is CCNC(=NCc1ccc(CN2CCCC2)cc1)NCCNC(=O)c1ccc(O)cc1.I. The van der Waals surface area contributed by atoms with E-state index in [9.17, 15) is 9.90 Å². The molecule has 0 aromatic heterocycles. The fourth-order valence-electron chi connectivity index (χ4n) is 3.53. The standard InChI is InChI=1S/C24H33N5O2.HI/c1-2-25-24(27-14-13-26-23(31)21-9-11-22(30)12-10-21)28-17-19-5-7-20(8-6-19)18-29-15-3-4-16-29;/h5-12,30H,2-4,13-18H2,1H3,(H,26,31)(H2,25,27,28);1H. The first-order valence-electron chi connectivity index (χ1n) is 11.0. The highest BCUT2D eigenvalue weighted by Gasteiger charge is 2.11. The van der Waals surface area contributed by atoms with Crippen LogP contribution in [0.1, 0.15) is 41.3 Å². The van der Waals surface area contributed by atoms with Crippen molar-refractivity contribution in [3.05, 3.63) is 65.2 Å². The fraction of sp³-hybridized carbons (Fsp3) is 0.417. The number of nitrogens with one attached hydrogen (secondary N) is 3. The number of aliphatic imine (C=N–C) groups is 1. The second-order valence-corrected chi connectivity index (χ2v) is 7.72. The number of amides is 1. The minimum Gasteiger partial charge on any atom is -0.508 e. The van der Waals surface area contributed by atoms with Crippen LogP contribution in [0.25, 0.3) is 0 Å². The summed E-state index contributed by atoms with van der Waals surface area (Å²) in [7, 11) is 0. The summed E-state index contributed by atoms with van der Waals surface area (Å²) in [6.07, 6.45) is 2.63. The van der Waals surface area contributed by atoms with Gasteiger partial charge in [-0.15, -0.1) is 24.0 Å². The van der Waals surface area contributed by atoms with Crippen LogP contribution in [0.4, 0.5) is 0 Å². The van der Waals surface area contributed by atoms with Gasteiger partial charge in [-0.2, -0.15) is 0 Å². The minimum absolute atomic E-state index is 0. The smallest absolute Gasteiger partial charge is 0.251 e. The predicted octanol–water partition coefficient (Wildman–Crippen LogP) is 3.09. The van der Waals surface area contributed by atoms with Crippen LogP contribution in [0.2, 0.25) is 0 Å². The maximum Gasteiger partial charge on any atom is 0.251 e. The molecule has 0 radical (unpaired) electrons. The van der Waals surface area contributed by atoms with Gasteiger partial charge in [0.25, 0.3) is 5.91 Å². The normalized spacial score (nSPS) is 14.0. The number of likely N-dealkylation sites (tertiary alicyclic amines) is 1. The van der Waals surface area contributed by atoms with Gasteiger partial charge < -0.3 is 21.1 Å². The number of aromatic hydroxyl groups is 1. The van der Waals surface area contributed by atoms with E-state index in [1.807, 2.05) is 6.92 Å². The van der Waals surface area contributed by atoms with Gasteiger partial charge in [-0.1, -0.05) is 24.3 Å². The number of benzene rings is 2. The predicted molar refractivity (Wildman–Crippen MR) is 140 cm³/mol. The zero-order valence-corrected chi connectivity index (χ0v) is 21.0. The number of guanidine groups is 1. The van der Waals surface area contributed by atoms with E-state index in [0.717, 1.165) is 19.0 Å². The summed E-state index contributed by atoms with van der Waals surface area (Å²) in [5.41, 5.74) is 3.04. The Labute approximate surface area is 207 Å². The lowest BCUT2D eigenvalue weighted by Crippen LogP contribution is -2.41. The third-order valence-electron chi connectivity index (χ3n) is 5.22. The topological polar surface area (TPSA) is 89.0 Å². The summed E-state index contributed by atoms with van der Waals surface area (Å²) in [5.74, 6) is 0.700. The highest BCUT2D eigenvalue weighted by molar-refractivity contribution is 14.0. The first-order valence-corrected chi connectivity index (χ1v) is 11.0. The van der Waals surface area contributed by atoms with Gasteiger partial charge in [0, 0.05) is 31.7 Å². The molecule has 0 atom stereocenters. The van der Waals surface area contributed by atoms with Gasteiger partial charge in [0.2, 0.25) is 0 Å². The molecule has 1 aliphatic rings. The van der Waals surface area contributed by atoms with Gasteiger partial charge in [0.05, 0.1) is 6.54 Å². The van der Waals surface area contributed by atoms with Crippen LogP contribution in [-0.4, -0.2) is 54.6 Å². The molecule has 174 valence electrons. The van der Waals surface area contributed by atoms with E-state index in [2.05, 4.69) is 50.1 Å². The number of halogens is 1. The van der Waals surface area contributed by atoms with E-state index in [-0.39, 0.29) is 35.6 Å². The highest BCUT2D eigenvalue weighted by atomic mass is 127. The van der Waals surface area contributed by atoms with E-state index < -0.39 is 0 Å². The molecule has 32 heavy (non-hydrogen) atoms. The molecule has 1 saturated heterocycles. The zero-order chi connectivity index (χ0) is 21.9. The zero-order valence-electron chi connectivity index (χ0n) is 18.6. The van der Waals surface area contributed by atoms with Crippen molar-refractivity contribution in [1.29, 1.82) is 0 Å². The average molecular weight is 551 g/mol. The van der Waals surface area contributed by atoms with E-state index in [0.29, 0.717) is 25.2 Å². The maximum absolute atomic E-state index is 12.1. The largest absolute Gasteiger partial charge is 0.508 e. The first-order chi connectivity index (χ1) is 15.1. The van der Waals surface area contributed by atoms with Crippen molar-refractivity contribution >= 4 is 35.8 Å².